The molecule has 1 aliphatic carbocycles. The van der Waals surface area contributed by atoms with Gasteiger partial charge in [-0.05, 0) is 43.2 Å². The summed E-state index contributed by atoms with van der Waals surface area (Å²) in [6, 6.07) is 5.62. The lowest BCUT2D eigenvalue weighted by molar-refractivity contribution is 0.0602. The van der Waals surface area contributed by atoms with Crippen LogP contribution in [0.3, 0.4) is 0 Å². The Kier molecular flexibility index (Phi) is 3.79. The van der Waals surface area contributed by atoms with Crippen molar-refractivity contribution in [3.05, 3.63) is 23.8 Å². The summed E-state index contributed by atoms with van der Waals surface area (Å²) < 4.78 is 4.80. The van der Waals surface area contributed by atoms with E-state index >= 15 is 0 Å². The lowest BCUT2D eigenvalue weighted by Gasteiger charge is -2.41. The van der Waals surface area contributed by atoms with Gasteiger partial charge in [0.05, 0.1) is 24.0 Å². The number of nitrogens with zero attached hydrogens (tertiary/aromatic N) is 1. The highest BCUT2D eigenvalue weighted by Crippen LogP contribution is 2.47. The van der Waals surface area contributed by atoms with E-state index in [9.17, 15) is 4.79 Å². The molecule has 0 bridgehead atoms. The molecule has 1 aromatic carbocycles. The molecule has 4 heteroatoms. The summed E-state index contributed by atoms with van der Waals surface area (Å²) in [5.74, 6) is -0.362. The number of rotatable bonds is 2. The quantitative estimate of drug-likeness (QED) is 0.670. The predicted molar refractivity (Wildman–Crippen MR) is 84.5 cm³/mol. The molecule has 0 amide bonds. The third-order valence-electron chi connectivity index (χ3n) is 5.32. The van der Waals surface area contributed by atoms with E-state index in [1.807, 2.05) is 12.1 Å². The Hall–Kier alpha value is -1.71. The number of ether oxygens (including phenoxy) is 1. The van der Waals surface area contributed by atoms with Gasteiger partial charge in [0, 0.05) is 13.1 Å². The molecule has 0 unspecified atom stereocenters. The molecule has 114 valence electrons. The van der Waals surface area contributed by atoms with Crippen molar-refractivity contribution in [3.8, 4) is 0 Å². The summed E-state index contributed by atoms with van der Waals surface area (Å²) in [7, 11) is 1.39. The summed E-state index contributed by atoms with van der Waals surface area (Å²) in [6.07, 6.45) is 8.04. The fraction of sp³-hybridized carbons (Fsp3) is 0.588. The van der Waals surface area contributed by atoms with E-state index in [0.717, 1.165) is 18.8 Å². The molecule has 1 aromatic rings. The maximum absolute atomic E-state index is 11.8. The van der Waals surface area contributed by atoms with E-state index in [1.54, 1.807) is 6.07 Å². The maximum atomic E-state index is 11.8. The molecule has 0 aromatic heterocycles. The standard InChI is InChI=1S/C17H24N2O2/c1-21-16(20)13-5-4-6-14(15(13)18)19-11-9-17(10-12-19)7-2-3-8-17/h4-6H,2-3,7-12,18H2,1H3. The van der Waals surface area contributed by atoms with Gasteiger partial charge >= 0.3 is 5.97 Å². The van der Waals surface area contributed by atoms with Crippen molar-refractivity contribution in [2.45, 2.75) is 38.5 Å². The number of hydrogen-bond acceptors (Lipinski definition) is 4. The third-order valence-corrected chi connectivity index (χ3v) is 5.32. The molecule has 2 aliphatic rings. The molecule has 4 nitrogen and oxygen atoms in total. The lowest BCUT2D eigenvalue weighted by Crippen LogP contribution is -2.39. The van der Waals surface area contributed by atoms with E-state index in [0.29, 0.717) is 16.7 Å². The molecule has 2 N–H and O–H groups in total. The van der Waals surface area contributed by atoms with Crippen molar-refractivity contribution in [1.82, 2.24) is 0 Å². The zero-order chi connectivity index (χ0) is 14.9. The van der Waals surface area contributed by atoms with Crippen LogP contribution in [0.25, 0.3) is 0 Å². The molecule has 0 radical (unpaired) electrons. The van der Waals surface area contributed by atoms with E-state index in [2.05, 4.69) is 4.90 Å². The van der Waals surface area contributed by atoms with Gasteiger partial charge in [-0.25, -0.2) is 4.79 Å². The van der Waals surface area contributed by atoms with Crippen molar-refractivity contribution in [2.75, 3.05) is 30.8 Å². The van der Waals surface area contributed by atoms with Gasteiger partial charge < -0.3 is 15.4 Å². The zero-order valence-corrected chi connectivity index (χ0v) is 12.7. The Morgan fingerprint density at radius 3 is 2.48 bits per heavy atom. The second-order valence-corrected chi connectivity index (χ2v) is 6.42. The molecule has 1 heterocycles. The largest absolute Gasteiger partial charge is 0.465 e. The molecule has 0 atom stereocenters. The number of carbonyl (C=O) groups is 1. The van der Waals surface area contributed by atoms with Gasteiger partial charge in [0.1, 0.15) is 0 Å². The van der Waals surface area contributed by atoms with Gasteiger partial charge in [-0.1, -0.05) is 18.9 Å². The maximum Gasteiger partial charge on any atom is 0.340 e. The minimum Gasteiger partial charge on any atom is -0.465 e. The molecule has 1 aliphatic heterocycles. The van der Waals surface area contributed by atoms with Crippen LogP contribution in [0.5, 0.6) is 0 Å². The van der Waals surface area contributed by atoms with Gasteiger partial charge in [-0.2, -0.15) is 0 Å². The molecule has 1 saturated carbocycles. The van der Waals surface area contributed by atoms with Gasteiger partial charge in [0.2, 0.25) is 0 Å². The second kappa shape index (κ2) is 5.58. The average molecular weight is 288 g/mol. The molecular weight excluding hydrogens is 264 g/mol. The number of piperidine rings is 1. The van der Waals surface area contributed by atoms with Crippen molar-refractivity contribution in [3.63, 3.8) is 0 Å². The smallest absolute Gasteiger partial charge is 0.340 e. The Bertz CT molecular complexity index is 526. The van der Waals surface area contributed by atoms with E-state index in [-0.39, 0.29) is 5.97 Å². The summed E-state index contributed by atoms with van der Waals surface area (Å²) in [6.45, 7) is 2.07. The predicted octanol–water partition coefficient (Wildman–Crippen LogP) is 3.22. The van der Waals surface area contributed by atoms with E-state index < -0.39 is 0 Å². The highest BCUT2D eigenvalue weighted by Gasteiger charge is 2.37. The van der Waals surface area contributed by atoms with Gasteiger partial charge in [-0.15, -0.1) is 0 Å². The molecule has 1 saturated heterocycles. The summed E-state index contributed by atoms with van der Waals surface area (Å²) >= 11 is 0. The number of carbonyl (C=O) groups excluding carboxylic acids is 1. The van der Waals surface area contributed by atoms with Crippen LogP contribution in [-0.4, -0.2) is 26.2 Å². The number of esters is 1. The molecule has 2 fully saturated rings. The summed E-state index contributed by atoms with van der Waals surface area (Å²) in [4.78, 5) is 14.1. The van der Waals surface area contributed by atoms with Crippen LogP contribution in [0.15, 0.2) is 18.2 Å². The fourth-order valence-corrected chi connectivity index (χ4v) is 3.96. The minimum atomic E-state index is -0.362. The number of hydrogen-bond donors (Lipinski definition) is 1. The van der Waals surface area contributed by atoms with Crippen LogP contribution in [-0.2, 0) is 4.74 Å². The normalized spacial score (nSPS) is 20.7. The topological polar surface area (TPSA) is 55.6 Å². The highest BCUT2D eigenvalue weighted by molar-refractivity contribution is 5.98. The number of benzene rings is 1. The minimum absolute atomic E-state index is 0.362. The van der Waals surface area contributed by atoms with Crippen LogP contribution in [0, 0.1) is 5.41 Å². The van der Waals surface area contributed by atoms with Crippen LogP contribution in [0.2, 0.25) is 0 Å². The number of nitrogens with two attached hydrogens (primary N) is 1. The van der Waals surface area contributed by atoms with Crippen molar-refractivity contribution < 1.29 is 9.53 Å². The first-order valence-electron chi connectivity index (χ1n) is 7.87. The Morgan fingerprint density at radius 1 is 1.19 bits per heavy atom. The molecule has 21 heavy (non-hydrogen) atoms. The molecular formula is C17H24N2O2. The Morgan fingerprint density at radius 2 is 1.86 bits per heavy atom. The Labute approximate surface area is 126 Å². The highest BCUT2D eigenvalue weighted by atomic mass is 16.5. The van der Waals surface area contributed by atoms with Crippen LogP contribution >= 0.6 is 0 Å². The summed E-state index contributed by atoms with van der Waals surface area (Å²) in [5.41, 5.74) is 8.78. The van der Waals surface area contributed by atoms with Crippen LogP contribution in [0.4, 0.5) is 11.4 Å². The Balaban J connectivity index is 1.77. The van der Waals surface area contributed by atoms with Gasteiger partial charge in [0.25, 0.3) is 0 Å². The van der Waals surface area contributed by atoms with Crippen molar-refractivity contribution >= 4 is 17.3 Å². The van der Waals surface area contributed by atoms with Gasteiger partial charge in [-0.3, -0.25) is 0 Å². The first-order chi connectivity index (χ1) is 10.2. The first-order valence-corrected chi connectivity index (χ1v) is 7.87. The molecule has 3 rings (SSSR count). The lowest BCUT2D eigenvalue weighted by atomic mass is 9.77. The monoisotopic (exact) mass is 288 g/mol. The molecule has 1 spiro atoms. The van der Waals surface area contributed by atoms with E-state index in [4.69, 9.17) is 10.5 Å². The number of anilines is 2. The van der Waals surface area contributed by atoms with Gasteiger partial charge in [0.15, 0.2) is 0 Å². The average Bonchev–Trinajstić information content (AvgIpc) is 2.96. The van der Waals surface area contributed by atoms with Crippen LogP contribution < -0.4 is 10.6 Å². The van der Waals surface area contributed by atoms with E-state index in [1.165, 1.54) is 45.6 Å². The first kappa shape index (κ1) is 14.2. The zero-order valence-electron chi connectivity index (χ0n) is 12.7. The fourth-order valence-electron chi connectivity index (χ4n) is 3.96. The SMILES string of the molecule is COC(=O)c1cccc(N2CCC3(CCCC3)CC2)c1N. The van der Waals surface area contributed by atoms with Crippen molar-refractivity contribution in [2.24, 2.45) is 5.41 Å². The van der Waals surface area contributed by atoms with Crippen molar-refractivity contribution in [1.29, 1.82) is 0 Å². The summed E-state index contributed by atoms with van der Waals surface area (Å²) in [5, 5.41) is 0. The number of methoxy groups -OCH3 is 1. The number of para-hydroxylation sites is 1. The van der Waals surface area contributed by atoms with Crippen LogP contribution in [0.1, 0.15) is 48.9 Å². The third kappa shape index (κ3) is 2.59. The second-order valence-electron chi connectivity index (χ2n) is 6.42. The number of nitrogen functional groups attached to an aromatic ring is 1.